The van der Waals surface area contributed by atoms with Gasteiger partial charge >= 0.3 is 6.18 Å². The monoisotopic (exact) mass is 337 g/mol. The fraction of sp³-hybridized carbons (Fsp3) is 0.500. The Labute approximate surface area is 133 Å². The van der Waals surface area contributed by atoms with Gasteiger partial charge in [-0.2, -0.15) is 13.2 Å². The molecular weight excluding hydrogens is 321 g/mol. The highest BCUT2D eigenvalue weighted by atomic mass is 35.5. The number of carbonyl (C=O) groups is 1. The molecule has 0 N–H and O–H groups in total. The van der Waals surface area contributed by atoms with Crippen molar-refractivity contribution in [3.8, 4) is 0 Å². The number of hydrogen-bond donors (Lipinski definition) is 0. The molecule has 1 aromatic carbocycles. The molecule has 0 radical (unpaired) electrons. The number of nitrogens with zero attached hydrogens (tertiary/aromatic N) is 2. The highest BCUT2D eigenvalue weighted by Gasteiger charge is 2.31. The van der Waals surface area contributed by atoms with Crippen LogP contribution in [-0.4, -0.2) is 50.7 Å². The number of alkyl halides is 3. The van der Waals surface area contributed by atoms with E-state index in [-0.39, 0.29) is 24.9 Å². The number of rotatable bonds is 3. The van der Waals surface area contributed by atoms with Crippen molar-refractivity contribution in [1.29, 1.82) is 0 Å². The van der Waals surface area contributed by atoms with Crippen LogP contribution in [0.4, 0.5) is 18.9 Å². The number of ether oxygens (including phenoxy) is 1. The van der Waals surface area contributed by atoms with Gasteiger partial charge in [0.2, 0.25) is 5.91 Å². The molecule has 124 valence electrons. The van der Waals surface area contributed by atoms with Gasteiger partial charge in [-0.05, 0) is 18.2 Å². The quantitative estimate of drug-likeness (QED) is 0.710. The van der Waals surface area contributed by atoms with Crippen LogP contribution in [0.1, 0.15) is 5.56 Å². The van der Waals surface area contributed by atoms with Gasteiger partial charge in [0.15, 0.2) is 0 Å². The summed E-state index contributed by atoms with van der Waals surface area (Å²) in [5.41, 5.74) is -0.124. The first-order valence-electron chi connectivity index (χ1n) is 6.61. The Morgan fingerprint density at radius 1 is 1.23 bits per heavy atom. The first-order valence-corrected chi connectivity index (χ1v) is 6.61. The van der Waals surface area contributed by atoms with Crippen molar-refractivity contribution in [2.24, 2.45) is 0 Å². The van der Waals surface area contributed by atoms with Gasteiger partial charge in [-0.1, -0.05) is 6.07 Å². The number of methoxy groups -OCH3 is 1. The van der Waals surface area contributed by atoms with Gasteiger partial charge in [0.05, 0.1) is 5.56 Å². The molecule has 4 nitrogen and oxygen atoms in total. The van der Waals surface area contributed by atoms with Crippen molar-refractivity contribution in [2.75, 3.05) is 44.8 Å². The second-order valence-corrected chi connectivity index (χ2v) is 4.85. The van der Waals surface area contributed by atoms with Gasteiger partial charge in [-0.15, -0.1) is 0 Å². The molecule has 1 heterocycles. The first kappa shape index (κ1) is 18.6. The van der Waals surface area contributed by atoms with Crippen LogP contribution in [0.25, 0.3) is 0 Å². The Kier molecular flexibility index (Phi) is 6.49. The summed E-state index contributed by atoms with van der Waals surface area (Å²) >= 11 is 0. The maximum atomic E-state index is 12.7. The van der Waals surface area contributed by atoms with Crippen LogP contribution in [-0.2, 0) is 15.7 Å². The zero-order chi connectivity index (χ0) is 15.5. The Hall–Kier alpha value is -1.47. The van der Waals surface area contributed by atoms with Gasteiger partial charge < -0.3 is 26.9 Å². The third-order valence-corrected chi connectivity index (χ3v) is 3.44. The summed E-state index contributed by atoms with van der Waals surface area (Å²) in [6.07, 6.45) is -4.34. The summed E-state index contributed by atoms with van der Waals surface area (Å²) in [7, 11) is 1.46. The highest BCUT2D eigenvalue weighted by Crippen LogP contribution is 2.31. The Morgan fingerprint density at radius 3 is 2.41 bits per heavy atom. The van der Waals surface area contributed by atoms with Crippen LogP contribution in [0.5, 0.6) is 0 Å². The second kappa shape index (κ2) is 7.69. The minimum Gasteiger partial charge on any atom is -1.00 e. The minimum atomic E-state index is -4.34. The van der Waals surface area contributed by atoms with Crippen molar-refractivity contribution in [3.63, 3.8) is 0 Å². The van der Waals surface area contributed by atoms with Gasteiger partial charge in [-0.25, -0.2) is 0 Å². The Morgan fingerprint density at radius 2 is 1.86 bits per heavy atom. The van der Waals surface area contributed by atoms with Crippen LogP contribution in [0.2, 0.25) is 0 Å². The average Bonchev–Trinajstić information content (AvgIpc) is 2.47. The molecule has 1 saturated heterocycles. The SMILES string of the molecule is COCC(=O)N1CCN(c2cccc(C(F)(F)F)c2)CC1.[Cl-]. The van der Waals surface area contributed by atoms with E-state index in [4.69, 9.17) is 4.74 Å². The van der Waals surface area contributed by atoms with Crippen molar-refractivity contribution in [1.82, 2.24) is 4.90 Å². The van der Waals surface area contributed by atoms with Crippen LogP contribution in [0.15, 0.2) is 24.3 Å². The number of halogens is 4. The van der Waals surface area contributed by atoms with E-state index in [0.29, 0.717) is 31.9 Å². The number of piperazine rings is 1. The molecule has 8 heteroatoms. The first-order chi connectivity index (χ1) is 9.91. The molecule has 0 aliphatic carbocycles. The molecule has 0 atom stereocenters. The van der Waals surface area contributed by atoms with Crippen LogP contribution < -0.4 is 17.3 Å². The zero-order valence-electron chi connectivity index (χ0n) is 12.1. The number of carbonyl (C=O) groups excluding carboxylic acids is 1. The van der Waals surface area contributed by atoms with E-state index in [1.807, 2.05) is 4.90 Å². The zero-order valence-corrected chi connectivity index (χ0v) is 12.8. The highest BCUT2D eigenvalue weighted by molar-refractivity contribution is 5.77. The molecule has 0 unspecified atom stereocenters. The predicted octanol–water partition coefficient (Wildman–Crippen LogP) is -0.996. The van der Waals surface area contributed by atoms with Gasteiger partial charge in [0, 0.05) is 39.0 Å². The third kappa shape index (κ3) is 4.51. The van der Waals surface area contributed by atoms with Crippen LogP contribution >= 0.6 is 0 Å². The van der Waals surface area contributed by atoms with Gasteiger partial charge in [-0.3, -0.25) is 4.79 Å². The largest absolute Gasteiger partial charge is 1.00 e. The van der Waals surface area contributed by atoms with Crippen molar-refractivity contribution in [2.45, 2.75) is 6.18 Å². The lowest BCUT2D eigenvalue weighted by Crippen LogP contribution is -3.00. The average molecular weight is 338 g/mol. The van der Waals surface area contributed by atoms with Crippen molar-refractivity contribution in [3.05, 3.63) is 29.8 Å². The summed E-state index contributed by atoms with van der Waals surface area (Å²) in [6, 6.07) is 5.26. The van der Waals surface area contributed by atoms with Crippen LogP contribution in [0.3, 0.4) is 0 Å². The maximum Gasteiger partial charge on any atom is 0.416 e. The molecular formula is C14H17ClF3N2O2-. The van der Waals surface area contributed by atoms with E-state index in [2.05, 4.69) is 0 Å². The molecule has 0 bridgehead atoms. The smallest absolute Gasteiger partial charge is 0.416 e. The summed E-state index contributed by atoms with van der Waals surface area (Å²) in [5, 5.41) is 0. The fourth-order valence-electron chi connectivity index (χ4n) is 2.31. The minimum absolute atomic E-state index is 0. The summed E-state index contributed by atoms with van der Waals surface area (Å²) in [4.78, 5) is 15.2. The molecule has 1 amide bonds. The lowest BCUT2D eigenvalue weighted by Gasteiger charge is -2.36. The third-order valence-electron chi connectivity index (χ3n) is 3.44. The topological polar surface area (TPSA) is 32.8 Å². The molecule has 0 aromatic heterocycles. The van der Waals surface area contributed by atoms with E-state index >= 15 is 0 Å². The summed E-state index contributed by atoms with van der Waals surface area (Å²) < 4.78 is 42.9. The number of amides is 1. The number of benzene rings is 1. The second-order valence-electron chi connectivity index (χ2n) is 4.85. The maximum absolute atomic E-state index is 12.7. The van der Waals surface area contributed by atoms with E-state index < -0.39 is 11.7 Å². The van der Waals surface area contributed by atoms with Gasteiger partial charge in [0.1, 0.15) is 6.61 Å². The normalized spacial score (nSPS) is 15.5. The lowest BCUT2D eigenvalue weighted by atomic mass is 10.1. The van der Waals surface area contributed by atoms with E-state index in [1.165, 1.54) is 13.2 Å². The Bertz CT molecular complexity index is 503. The van der Waals surface area contributed by atoms with E-state index in [1.54, 1.807) is 11.0 Å². The molecule has 1 aromatic rings. The molecule has 2 rings (SSSR count). The molecule has 22 heavy (non-hydrogen) atoms. The lowest BCUT2D eigenvalue weighted by molar-refractivity contribution is -0.137. The van der Waals surface area contributed by atoms with Gasteiger partial charge in [0.25, 0.3) is 0 Å². The van der Waals surface area contributed by atoms with Crippen molar-refractivity contribution < 1.29 is 35.1 Å². The van der Waals surface area contributed by atoms with E-state index in [0.717, 1.165) is 12.1 Å². The van der Waals surface area contributed by atoms with E-state index in [9.17, 15) is 18.0 Å². The number of anilines is 1. The van der Waals surface area contributed by atoms with Crippen LogP contribution in [0, 0.1) is 0 Å². The molecule has 0 spiro atoms. The molecule has 1 aliphatic rings. The molecule has 0 saturated carbocycles. The Balaban J connectivity index is 0.00000242. The summed E-state index contributed by atoms with van der Waals surface area (Å²) in [6.45, 7) is 2.02. The molecule has 1 fully saturated rings. The predicted molar refractivity (Wildman–Crippen MR) is 72.1 cm³/mol. The summed E-state index contributed by atoms with van der Waals surface area (Å²) in [5.74, 6) is -0.0961. The standard InChI is InChI=1S/C14H17F3N2O2.ClH/c1-21-10-13(20)19-7-5-18(6-8-19)12-4-2-3-11(9-12)14(15,16)17;/h2-4,9H,5-8,10H2,1H3;1H/p-1. The fourth-order valence-corrected chi connectivity index (χ4v) is 2.31. The number of hydrogen-bond acceptors (Lipinski definition) is 3. The van der Waals surface area contributed by atoms with Crippen molar-refractivity contribution >= 4 is 11.6 Å². The molecule has 1 aliphatic heterocycles.